The molecule has 2 aromatic rings. The van der Waals surface area contributed by atoms with Crippen molar-refractivity contribution in [3.63, 3.8) is 0 Å². The van der Waals surface area contributed by atoms with E-state index in [1.54, 1.807) is 18.0 Å². The first-order valence-electron chi connectivity index (χ1n) is 7.57. The molecule has 1 saturated carbocycles. The Balaban J connectivity index is 1.67. The number of amides is 1. The summed E-state index contributed by atoms with van der Waals surface area (Å²) in [5, 5.41) is 0. The highest BCUT2D eigenvalue weighted by Gasteiger charge is 2.32. The minimum absolute atomic E-state index is 0.211. The van der Waals surface area contributed by atoms with Gasteiger partial charge in [-0.15, -0.1) is 11.8 Å². The lowest BCUT2D eigenvalue weighted by Crippen LogP contribution is -2.33. The summed E-state index contributed by atoms with van der Waals surface area (Å²) >= 11 is 1.72. The summed E-state index contributed by atoms with van der Waals surface area (Å²) in [6, 6.07) is 12.6. The Kier molecular flexibility index (Phi) is 4.78. The Bertz CT molecular complexity index is 623. The van der Waals surface area contributed by atoms with Gasteiger partial charge in [-0.05, 0) is 48.4 Å². The van der Waals surface area contributed by atoms with Gasteiger partial charge in [0.1, 0.15) is 0 Å². The zero-order valence-corrected chi connectivity index (χ0v) is 13.6. The number of hydrogen-bond acceptors (Lipinski definition) is 3. The molecule has 4 heteroatoms. The quantitative estimate of drug-likeness (QED) is 0.765. The summed E-state index contributed by atoms with van der Waals surface area (Å²) < 4.78 is 0. The van der Waals surface area contributed by atoms with E-state index in [-0.39, 0.29) is 5.91 Å². The van der Waals surface area contributed by atoms with Gasteiger partial charge in [-0.2, -0.15) is 0 Å². The molecule has 1 aliphatic carbocycles. The second kappa shape index (κ2) is 6.97. The van der Waals surface area contributed by atoms with Crippen LogP contribution in [0, 0.1) is 0 Å². The Morgan fingerprint density at radius 3 is 2.59 bits per heavy atom. The average Bonchev–Trinajstić information content (AvgIpc) is 3.39. The smallest absolute Gasteiger partial charge is 0.227 e. The van der Waals surface area contributed by atoms with E-state index in [0.29, 0.717) is 19.0 Å². The first-order valence-corrected chi connectivity index (χ1v) is 8.80. The fraction of sp³-hybridized carbons (Fsp3) is 0.333. The zero-order valence-electron chi connectivity index (χ0n) is 12.7. The van der Waals surface area contributed by atoms with Gasteiger partial charge in [0.15, 0.2) is 0 Å². The van der Waals surface area contributed by atoms with Crippen LogP contribution < -0.4 is 0 Å². The van der Waals surface area contributed by atoms with Crippen LogP contribution >= 0.6 is 11.8 Å². The molecule has 0 atom stereocenters. The SMILES string of the molecule is CSc1ccc(CC(=O)N(Cc2cccnc2)C2CC2)cc1. The fourth-order valence-electron chi connectivity index (χ4n) is 2.52. The summed E-state index contributed by atoms with van der Waals surface area (Å²) in [4.78, 5) is 20.0. The number of pyridine rings is 1. The maximum absolute atomic E-state index is 12.7. The summed E-state index contributed by atoms with van der Waals surface area (Å²) in [7, 11) is 0. The molecule has 1 aliphatic rings. The van der Waals surface area contributed by atoms with Crippen LogP contribution in [-0.4, -0.2) is 28.1 Å². The van der Waals surface area contributed by atoms with Crippen LogP contribution in [0.1, 0.15) is 24.0 Å². The maximum atomic E-state index is 12.7. The molecule has 0 radical (unpaired) electrons. The van der Waals surface area contributed by atoms with Crippen molar-refractivity contribution in [2.24, 2.45) is 0 Å². The third-order valence-electron chi connectivity index (χ3n) is 3.90. The number of carbonyl (C=O) groups is 1. The van der Waals surface area contributed by atoms with Gasteiger partial charge in [0.25, 0.3) is 0 Å². The Labute approximate surface area is 135 Å². The van der Waals surface area contributed by atoms with Crippen LogP contribution in [0.3, 0.4) is 0 Å². The first-order chi connectivity index (χ1) is 10.8. The molecular weight excluding hydrogens is 292 g/mol. The number of carbonyl (C=O) groups excluding carboxylic acids is 1. The van der Waals surface area contributed by atoms with Crippen molar-refractivity contribution in [1.82, 2.24) is 9.88 Å². The van der Waals surface area contributed by atoms with Gasteiger partial charge >= 0.3 is 0 Å². The fourth-order valence-corrected chi connectivity index (χ4v) is 2.92. The van der Waals surface area contributed by atoms with Crippen LogP contribution in [0.15, 0.2) is 53.7 Å². The van der Waals surface area contributed by atoms with Gasteiger partial charge in [-0.3, -0.25) is 9.78 Å². The highest BCUT2D eigenvalue weighted by Crippen LogP contribution is 2.29. The lowest BCUT2D eigenvalue weighted by Gasteiger charge is -2.22. The molecule has 1 aromatic carbocycles. The molecule has 3 nitrogen and oxygen atoms in total. The topological polar surface area (TPSA) is 33.2 Å². The van der Waals surface area contributed by atoms with E-state index < -0.39 is 0 Å². The van der Waals surface area contributed by atoms with E-state index in [1.807, 2.05) is 23.2 Å². The van der Waals surface area contributed by atoms with Crippen LogP contribution in [0.4, 0.5) is 0 Å². The standard InChI is InChI=1S/C18H20N2OS/c1-22-17-8-4-14(5-9-17)11-18(21)20(16-6-7-16)13-15-3-2-10-19-12-15/h2-5,8-10,12,16H,6-7,11,13H2,1H3. The van der Waals surface area contributed by atoms with Gasteiger partial charge in [-0.25, -0.2) is 0 Å². The van der Waals surface area contributed by atoms with E-state index in [4.69, 9.17) is 0 Å². The predicted octanol–water partition coefficient (Wildman–Crippen LogP) is 3.54. The van der Waals surface area contributed by atoms with Crippen molar-refractivity contribution in [2.45, 2.75) is 36.7 Å². The molecule has 0 unspecified atom stereocenters. The first kappa shape index (κ1) is 15.1. The highest BCUT2D eigenvalue weighted by atomic mass is 32.2. The van der Waals surface area contributed by atoms with Crippen molar-refractivity contribution in [1.29, 1.82) is 0 Å². The summed E-state index contributed by atoms with van der Waals surface area (Å²) in [5.41, 5.74) is 2.18. The number of nitrogens with zero attached hydrogens (tertiary/aromatic N) is 2. The molecule has 1 amide bonds. The lowest BCUT2D eigenvalue weighted by molar-refractivity contribution is -0.131. The minimum atomic E-state index is 0.211. The number of hydrogen-bond donors (Lipinski definition) is 0. The Morgan fingerprint density at radius 2 is 2.00 bits per heavy atom. The molecule has 3 rings (SSSR count). The average molecular weight is 312 g/mol. The summed E-state index contributed by atoms with van der Waals surface area (Å²) in [5.74, 6) is 0.211. The molecule has 0 aliphatic heterocycles. The van der Waals surface area contributed by atoms with Gasteiger partial charge in [0.05, 0.1) is 6.42 Å². The predicted molar refractivity (Wildman–Crippen MR) is 89.7 cm³/mol. The van der Waals surface area contributed by atoms with Crippen molar-refractivity contribution < 1.29 is 4.79 Å². The lowest BCUT2D eigenvalue weighted by atomic mass is 10.1. The normalized spacial score (nSPS) is 13.9. The maximum Gasteiger partial charge on any atom is 0.227 e. The molecule has 1 aromatic heterocycles. The Hall–Kier alpha value is -1.81. The molecule has 0 bridgehead atoms. The van der Waals surface area contributed by atoms with Gasteiger partial charge in [-0.1, -0.05) is 18.2 Å². The molecule has 0 saturated heterocycles. The second-order valence-electron chi connectivity index (χ2n) is 5.64. The molecule has 0 N–H and O–H groups in total. The van der Waals surface area contributed by atoms with E-state index in [9.17, 15) is 4.79 Å². The summed E-state index contributed by atoms with van der Waals surface area (Å²) in [6.07, 6.45) is 8.39. The van der Waals surface area contributed by atoms with Crippen LogP contribution in [0.25, 0.3) is 0 Å². The zero-order chi connectivity index (χ0) is 15.4. The van der Waals surface area contributed by atoms with E-state index in [1.165, 1.54) is 4.90 Å². The van der Waals surface area contributed by atoms with Crippen molar-refractivity contribution in [3.05, 3.63) is 59.9 Å². The minimum Gasteiger partial charge on any atom is -0.335 e. The summed E-state index contributed by atoms with van der Waals surface area (Å²) in [6.45, 7) is 0.667. The third-order valence-corrected chi connectivity index (χ3v) is 4.64. The molecule has 1 heterocycles. The highest BCUT2D eigenvalue weighted by molar-refractivity contribution is 7.98. The number of thioether (sulfide) groups is 1. The van der Waals surface area contributed by atoms with Crippen LogP contribution in [0.5, 0.6) is 0 Å². The van der Waals surface area contributed by atoms with Crippen LogP contribution in [0.2, 0.25) is 0 Å². The molecule has 0 spiro atoms. The van der Waals surface area contributed by atoms with Crippen molar-refractivity contribution in [2.75, 3.05) is 6.26 Å². The molecule has 1 fully saturated rings. The number of rotatable bonds is 6. The molecule has 114 valence electrons. The Morgan fingerprint density at radius 1 is 1.23 bits per heavy atom. The van der Waals surface area contributed by atoms with Crippen LogP contribution in [-0.2, 0) is 17.8 Å². The number of benzene rings is 1. The van der Waals surface area contributed by atoms with E-state index in [2.05, 4.69) is 35.5 Å². The second-order valence-corrected chi connectivity index (χ2v) is 6.52. The number of aromatic nitrogens is 1. The van der Waals surface area contributed by atoms with Gasteiger partial charge in [0, 0.05) is 29.9 Å². The molecule has 22 heavy (non-hydrogen) atoms. The van der Waals surface area contributed by atoms with E-state index in [0.717, 1.165) is 24.0 Å². The van der Waals surface area contributed by atoms with Crippen molar-refractivity contribution in [3.8, 4) is 0 Å². The monoisotopic (exact) mass is 312 g/mol. The molecular formula is C18H20N2OS. The van der Waals surface area contributed by atoms with E-state index >= 15 is 0 Å². The third kappa shape index (κ3) is 3.89. The van der Waals surface area contributed by atoms with Gasteiger partial charge < -0.3 is 4.90 Å². The van der Waals surface area contributed by atoms with Gasteiger partial charge in [0.2, 0.25) is 5.91 Å². The largest absolute Gasteiger partial charge is 0.335 e. The van der Waals surface area contributed by atoms with Crippen molar-refractivity contribution >= 4 is 17.7 Å².